The van der Waals surface area contributed by atoms with Gasteiger partial charge in [-0.1, -0.05) is 42.5 Å². The molecule has 7 aromatic rings. The number of hydrogen-bond acceptors (Lipinski definition) is 9. The van der Waals surface area contributed by atoms with Crippen molar-refractivity contribution in [2.45, 2.75) is 6.54 Å². The van der Waals surface area contributed by atoms with E-state index in [9.17, 15) is 14.4 Å². The first-order chi connectivity index (χ1) is 23.9. The van der Waals surface area contributed by atoms with Crippen molar-refractivity contribution in [2.24, 2.45) is 0 Å². The lowest BCUT2D eigenvalue weighted by atomic mass is 10.1. The van der Waals surface area contributed by atoms with Gasteiger partial charge in [0.05, 0.1) is 27.0 Å². The number of anilines is 1. The van der Waals surface area contributed by atoms with Crippen molar-refractivity contribution in [1.82, 2.24) is 34.3 Å². The van der Waals surface area contributed by atoms with Crippen LogP contribution in [0.4, 0.5) is 10.2 Å². The normalized spacial score (nSPS) is 13.6. The van der Waals surface area contributed by atoms with Gasteiger partial charge >= 0.3 is 0 Å². The second kappa shape index (κ2) is 12.5. The van der Waals surface area contributed by atoms with Gasteiger partial charge in [-0.15, -0.1) is 11.3 Å². The number of thiazole rings is 1. The van der Waals surface area contributed by atoms with Crippen molar-refractivity contribution in [2.75, 3.05) is 31.9 Å². The third kappa shape index (κ3) is 5.75. The monoisotopic (exact) mass is 665 g/mol. The van der Waals surface area contributed by atoms with E-state index in [1.54, 1.807) is 11.1 Å². The number of fused-ring (bicyclic) bond motifs is 2. The molecule has 0 unspecified atom stereocenters. The molecule has 1 saturated heterocycles. The van der Waals surface area contributed by atoms with E-state index in [0.717, 1.165) is 44.9 Å². The van der Waals surface area contributed by atoms with Gasteiger partial charge in [0.15, 0.2) is 16.5 Å². The number of hydrogen-bond donors (Lipinski definition) is 1. The summed E-state index contributed by atoms with van der Waals surface area (Å²) in [6, 6.07) is 30.5. The Kier molecular flexibility index (Phi) is 7.75. The highest BCUT2D eigenvalue weighted by Crippen LogP contribution is 2.32. The van der Waals surface area contributed by atoms with Crippen LogP contribution >= 0.6 is 11.3 Å². The van der Waals surface area contributed by atoms with Crippen molar-refractivity contribution in [3.8, 4) is 34.4 Å². The summed E-state index contributed by atoms with van der Waals surface area (Å²) < 4.78 is 16.9. The first kappa shape index (κ1) is 30.3. The number of nitrogens with zero attached hydrogens (tertiary/aromatic N) is 8. The van der Waals surface area contributed by atoms with Gasteiger partial charge in [0.1, 0.15) is 23.2 Å². The lowest BCUT2D eigenvalue weighted by molar-refractivity contribution is 0.0630. The summed E-state index contributed by atoms with van der Waals surface area (Å²) >= 11 is 1.11. The van der Waals surface area contributed by atoms with E-state index in [0.29, 0.717) is 60.2 Å². The van der Waals surface area contributed by atoms with E-state index >= 15 is 0 Å². The number of piperazine rings is 1. The van der Waals surface area contributed by atoms with Crippen LogP contribution in [0.15, 0.2) is 97.2 Å². The van der Waals surface area contributed by atoms with Crippen molar-refractivity contribution < 1.29 is 9.18 Å². The molecule has 240 valence electrons. The molecule has 0 bridgehead atoms. The van der Waals surface area contributed by atoms with Gasteiger partial charge in [0.2, 0.25) is 0 Å². The molecule has 8 rings (SSSR count). The van der Waals surface area contributed by atoms with Crippen LogP contribution in [0, 0.1) is 17.1 Å². The smallest absolute Gasteiger partial charge is 0.255 e. The minimum absolute atomic E-state index is 0.206. The van der Waals surface area contributed by atoms with Crippen LogP contribution in [-0.2, 0) is 6.54 Å². The molecule has 12 heteroatoms. The number of imidazole rings is 1. The first-order valence-electron chi connectivity index (χ1n) is 15.7. The molecular formula is C37H28FN9OS. The summed E-state index contributed by atoms with van der Waals surface area (Å²) in [6.45, 7) is 3.05. The number of pyridine rings is 2. The molecule has 1 fully saturated rings. The quantitative estimate of drug-likeness (QED) is 0.219. The van der Waals surface area contributed by atoms with E-state index in [-0.39, 0.29) is 16.5 Å². The standard InChI is InChI=1S/C37H28FN9OS/c38-25-19-28(33-31(20-25)42-32(21-39)49-33)37(48)46-17-15-45(16-18-46)22-23-8-10-26(11-9-23)47-35(27-7-4-14-41-34(27)40)44-30-13-12-29(43-36(30)47)24-5-2-1-3-6-24/h1-14,19-20H,15-18,22H2,(H2,40,41). The predicted octanol–water partition coefficient (Wildman–Crippen LogP) is 6.31. The van der Waals surface area contributed by atoms with E-state index < -0.39 is 5.82 Å². The Morgan fingerprint density at radius 1 is 0.898 bits per heavy atom. The number of amides is 1. The zero-order valence-corrected chi connectivity index (χ0v) is 26.9. The molecule has 1 amide bonds. The molecule has 5 heterocycles. The maximum Gasteiger partial charge on any atom is 0.255 e. The molecule has 0 spiro atoms. The molecular weight excluding hydrogens is 638 g/mol. The topological polar surface area (TPSA) is 130 Å². The Labute approximate surface area is 284 Å². The Morgan fingerprint density at radius 2 is 1.69 bits per heavy atom. The number of nitriles is 1. The number of nitrogen functional groups attached to an aromatic ring is 1. The summed E-state index contributed by atoms with van der Waals surface area (Å²) in [5.41, 5.74) is 13.0. The van der Waals surface area contributed by atoms with Crippen LogP contribution in [0.25, 0.3) is 49.7 Å². The van der Waals surface area contributed by atoms with Crippen LogP contribution < -0.4 is 5.73 Å². The lowest BCUT2D eigenvalue weighted by Crippen LogP contribution is -2.48. The summed E-state index contributed by atoms with van der Waals surface area (Å²) in [7, 11) is 0. The number of carbonyl (C=O) groups is 1. The Morgan fingerprint density at radius 3 is 2.45 bits per heavy atom. The number of aromatic nitrogens is 5. The average Bonchev–Trinajstić information content (AvgIpc) is 3.73. The van der Waals surface area contributed by atoms with Gasteiger partial charge in [-0.05, 0) is 48.0 Å². The summed E-state index contributed by atoms with van der Waals surface area (Å²) in [5.74, 6) is 0.255. The van der Waals surface area contributed by atoms with Crippen molar-refractivity contribution in [3.63, 3.8) is 0 Å². The van der Waals surface area contributed by atoms with Gasteiger partial charge in [-0.3, -0.25) is 14.3 Å². The highest BCUT2D eigenvalue weighted by molar-refractivity contribution is 7.19. The predicted molar refractivity (Wildman–Crippen MR) is 187 cm³/mol. The van der Waals surface area contributed by atoms with Gasteiger partial charge in [0, 0.05) is 56.2 Å². The largest absolute Gasteiger partial charge is 0.383 e. The number of nitrogens with two attached hydrogens (primary N) is 1. The Hall–Kier alpha value is -6.03. The highest BCUT2D eigenvalue weighted by Gasteiger charge is 2.26. The van der Waals surface area contributed by atoms with E-state index in [2.05, 4.69) is 39.1 Å². The Bertz CT molecular complexity index is 2390. The molecule has 3 aromatic carbocycles. The van der Waals surface area contributed by atoms with Crippen molar-refractivity contribution >= 4 is 44.4 Å². The van der Waals surface area contributed by atoms with E-state index in [4.69, 9.17) is 15.7 Å². The molecule has 2 N–H and O–H groups in total. The molecule has 4 aromatic heterocycles. The molecule has 1 aliphatic rings. The second-order valence-electron chi connectivity index (χ2n) is 11.8. The number of halogens is 1. The molecule has 0 atom stereocenters. The maximum atomic E-state index is 14.3. The first-order valence-corrected chi connectivity index (χ1v) is 16.5. The van der Waals surface area contributed by atoms with Crippen molar-refractivity contribution in [1.29, 1.82) is 5.26 Å². The van der Waals surface area contributed by atoms with E-state index in [1.165, 1.54) is 12.1 Å². The Balaban J connectivity index is 1.03. The second-order valence-corrected chi connectivity index (χ2v) is 12.8. The number of carbonyl (C=O) groups excluding carboxylic acids is 1. The highest BCUT2D eigenvalue weighted by atomic mass is 32.1. The average molecular weight is 666 g/mol. The molecule has 0 aliphatic carbocycles. The third-order valence-corrected chi connectivity index (χ3v) is 9.70. The fraction of sp³-hybridized carbons (Fsp3) is 0.135. The maximum absolute atomic E-state index is 14.3. The lowest BCUT2D eigenvalue weighted by Gasteiger charge is -2.35. The summed E-state index contributed by atoms with van der Waals surface area (Å²) in [5, 5.41) is 9.46. The van der Waals surface area contributed by atoms with Gasteiger partial charge < -0.3 is 10.6 Å². The van der Waals surface area contributed by atoms with Crippen LogP contribution in [0.1, 0.15) is 20.9 Å². The molecule has 1 aliphatic heterocycles. The molecule has 0 saturated carbocycles. The van der Waals surface area contributed by atoms with Crippen molar-refractivity contribution in [3.05, 3.63) is 119 Å². The molecule has 0 radical (unpaired) electrons. The minimum Gasteiger partial charge on any atom is -0.383 e. The van der Waals surface area contributed by atoms with Crippen LogP contribution in [0.5, 0.6) is 0 Å². The fourth-order valence-corrected chi connectivity index (χ4v) is 7.10. The van der Waals surface area contributed by atoms with Gasteiger partial charge in [-0.25, -0.2) is 24.3 Å². The van der Waals surface area contributed by atoms with Crippen LogP contribution in [0.2, 0.25) is 0 Å². The minimum atomic E-state index is -0.542. The van der Waals surface area contributed by atoms with Gasteiger partial charge in [-0.2, -0.15) is 5.26 Å². The summed E-state index contributed by atoms with van der Waals surface area (Å²) in [4.78, 5) is 35.9. The molecule has 49 heavy (non-hydrogen) atoms. The van der Waals surface area contributed by atoms with E-state index in [1.807, 2.05) is 65.2 Å². The number of rotatable bonds is 6. The zero-order chi connectivity index (χ0) is 33.5. The fourth-order valence-electron chi connectivity index (χ4n) is 6.25. The van der Waals surface area contributed by atoms with Crippen LogP contribution in [0.3, 0.4) is 0 Å². The zero-order valence-electron chi connectivity index (χ0n) is 26.1. The van der Waals surface area contributed by atoms with Gasteiger partial charge in [0.25, 0.3) is 5.91 Å². The third-order valence-electron chi connectivity index (χ3n) is 8.69. The summed E-state index contributed by atoms with van der Waals surface area (Å²) in [6.07, 6.45) is 1.66. The number of benzene rings is 3. The van der Waals surface area contributed by atoms with Crippen LogP contribution in [-0.4, -0.2) is 66.4 Å². The SMILES string of the molecule is N#Cc1nc2cc(F)cc(C(=O)N3CCN(Cc4ccc(-n5c(-c6cccnc6N)nc6ccc(-c7ccccc7)nc65)cc4)CC3)c2s1. The molecule has 10 nitrogen and oxygen atoms in total.